The standard InChI is InChI=1S/C20H30N6O2S/c1-5-7-12-26-19(16(6-2)25(3)4)23-24-20(26)29-13-17(27)22-15-10-8-14(9-11-15)18(21)28/h8-11,16H,5-7,12-13H2,1-4H3,(H2,21,28)(H,22,27)/t16-/m1/s1. The summed E-state index contributed by atoms with van der Waals surface area (Å²) in [4.78, 5) is 25.6. The van der Waals surface area contributed by atoms with Crippen LogP contribution in [0.5, 0.6) is 0 Å². The molecule has 158 valence electrons. The van der Waals surface area contributed by atoms with Crippen molar-refractivity contribution in [3.63, 3.8) is 0 Å². The number of thioether (sulfide) groups is 1. The van der Waals surface area contributed by atoms with E-state index < -0.39 is 5.91 Å². The number of benzene rings is 1. The molecule has 0 bridgehead atoms. The van der Waals surface area contributed by atoms with Crippen LogP contribution in [0.25, 0.3) is 0 Å². The molecule has 0 fully saturated rings. The molecule has 0 saturated carbocycles. The fourth-order valence-electron chi connectivity index (χ4n) is 3.00. The fraction of sp³-hybridized carbons (Fsp3) is 0.500. The van der Waals surface area contributed by atoms with Crippen molar-refractivity contribution in [3.05, 3.63) is 35.7 Å². The average molecular weight is 419 g/mol. The van der Waals surface area contributed by atoms with Crippen LogP contribution in [0.4, 0.5) is 5.69 Å². The van der Waals surface area contributed by atoms with Gasteiger partial charge in [-0.3, -0.25) is 14.5 Å². The van der Waals surface area contributed by atoms with Gasteiger partial charge in [-0.05, 0) is 51.2 Å². The third-order valence-corrected chi connectivity index (χ3v) is 5.54. The predicted molar refractivity (Wildman–Crippen MR) is 116 cm³/mol. The van der Waals surface area contributed by atoms with Crippen LogP contribution in [-0.4, -0.2) is 51.3 Å². The Labute approximate surface area is 176 Å². The maximum absolute atomic E-state index is 12.3. The molecule has 3 N–H and O–H groups in total. The second-order valence-corrected chi connectivity index (χ2v) is 7.95. The number of amides is 2. The molecule has 1 aromatic heterocycles. The van der Waals surface area contributed by atoms with Gasteiger partial charge in [0.05, 0.1) is 11.8 Å². The number of anilines is 1. The molecule has 8 nitrogen and oxygen atoms in total. The van der Waals surface area contributed by atoms with Crippen molar-refractivity contribution in [2.24, 2.45) is 5.73 Å². The first-order valence-corrected chi connectivity index (χ1v) is 10.8. The Bertz CT molecular complexity index is 819. The molecule has 0 aliphatic heterocycles. The second kappa shape index (κ2) is 11.0. The lowest BCUT2D eigenvalue weighted by Crippen LogP contribution is -2.23. The molecule has 0 aliphatic carbocycles. The van der Waals surface area contributed by atoms with E-state index in [0.717, 1.165) is 36.8 Å². The highest BCUT2D eigenvalue weighted by atomic mass is 32.2. The highest BCUT2D eigenvalue weighted by Crippen LogP contribution is 2.25. The van der Waals surface area contributed by atoms with Crippen molar-refractivity contribution < 1.29 is 9.59 Å². The van der Waals surface area contributed by atoms with Gasteiger partial charge < -0.3 is 15.6 Å². The topological polar surface area (TPSA) is 106 Å². The minimum Gasteiger partial charge on any atom is -0.366 e. The molecular formula is C20H30N6O2S. The lowest BCUT2D eigenvalue weighted by Gasteiger charge is -2.23. The van der Waals surface area contributed by atoms with Gasteiger partial charge in [0.2, 0.25) is 11.8 Å². The lowest BCUT2D eigenvalue weighted by atomic mass is 10.2. The number of unbranched alkanes of at least 4 members (excludes halogenated alkanes) is 1. The van der Waals surface area contributed by atoms with Crippen LogP contribution in [-0.2, 0) is 11.3 Å². The molecule has 1 atom stereocenters. The molecule has 0 spiro atoms. The molecular weight excluding hydrogens is 388 g/mol. The van der Waals surface area contributed by atoms with Gasteiger partial charge in [-0.1, -0.05) is 32.0 Å². The van der Waals surface area contributed by atoms with E-state index in [1.165, 1.54) is 11.8 Å². The molecule has 2 aromatic rings. The Morgan fingerprint density at radius 2 is 1.90 bits per heavy atom. The highest BCUT2D eigenvalue weighted by Gasteiger charge is 2.22. The largest absolute Gasteiger partial charge is 0.366 e. The van der Waals surface area contributed by atoms with E-state index in [2.05, 4.69) is 38.8 Å². The first-order valence-electron chi connectivity index (χ1n) is 9.79. The first kappa shape index (κ1) is 22.9. The van der Waals surface area contributed by atoms with E-state index in [1.807, 2.05) is 14.1 Å². The van der Waals surface area contributed by atoms with Gasteiger partial charge >= 0.3 is 0 Å². The summed E-state index contributed by atoms with van der Waals surface area (Å²) in [6, 6.07) is 6.68. The minimum atomic E-state index is -0.497. The molecule has 2 amide bonds. The third-order valence-electron chi connectivity index (χ3n) is 4.57. The smallest absolute Gasteiger partial charge is 0.248 e. The number of primary amides is 1. The van der Waals surface area contributed by atoms with Crippen LogP contribution in [0.3, 0.4) is 0 Å². The van der Waals surface area contributed by atoms with E-state index in [-0.39, 0.29) is 17.7 Å². The van der Waals surface area contributed by atoms with Crippen molar-refractivity contribution in [2.45, 2.75) is 50.9 Å². The summed E-state index contributed by atoms with van der Waals surface area (Å²) in [5, 5.41) is 12.4. The molecule has 29 heavy (non-hydrogen) atoms. The van der Waals surface area contributed by atoms with Crippen molar-refractivity contribution in [1.29, 1.82) is 0 Å². The van der Waals surface area contributed by atoms with E-state index in [4.69, 9.17) is 5.73 Å². The zero-order chi connectivity index (χ0) is 21.4. The molecule has 2 rings (SSSR count). The summed E-state index contributed by atoms with van der Waals surface area (Å²) in [6.07, 6.45) is 3.03. The maximum atomic E-state index is 12.3. The zero-order valence-electron chi connectivity index (χ0n) is 17.5. The number of nitrogens with two attached hydrogens (primary N) is 1. The minimum absolute atomic E-state index is 0.145. The molecule has 9 heteroatoms. The molecule has 0 radical (unpaired) electrons. The normalized spacial score (nSPS) is 12.2. The summed E-state index contributed by atoms with van der Waals surface area (Å²) < 4.78 is 2.14. The summed E-state index contributed by atoms with van der Waals surface area (Å²) in [7, 11) is 4.08. The van der Waals surface area contributed by atoms with Gasteiger partial charge in [0.15, 0.2) is 11.0 Å². The van der Waals surface area contributed by atoms with Crippen LogP contribution >= 0.6 is 11.8 Å². The summed E-state index contributed by atoms with van der Waals surface area (Å²) in [5.74, 6) is 0.522. The van der Waals surface area contributed by atoms with Gasteiger partial charge in [-0.25, -0.2) is 0 Å². The Hall–Kier alpha value is -2.39. The fourth-order valence-corrected chi connectivity index (χ4v) is 3.77. The molecule has 0 saturated heterocycles. The van der Waals surface area contributed by atoms with E-state index >= 15 is 0 Å². The SMILES string of the molecule is CCCCn1c(SCC(=O)Nc2ccc(C(N)=O)cc2)nnc1[C@@H](CC)N(C)C. The zero-order valence-corrected chi connectivity index (χ0v) is 18.3. The van der Waals surface area contributed by atoms with E-state index in [9.17, 15) is 9.59 Å². The van der Waals surface area contributed by atoms with Crippen molar-refractivity contribution in [2.75, 3.05) is 25.2 Å². The van der Waals surface area contributed by atoms with Gasteiger partial charge in [0.1, 0.15) is 0 Å². The Morgan fingerprint density at radius 3 is 2.45 bits per heavy atom. The van der Waals surface area contributed by atoms with E-state index in [0.29, 0.717) is 11.3 Å². The van der Waals surface area contributed by atoms with Gasteiger partial charge in [-0.2, -0.15) is 0 Å². The predicted octanol–water partition coefficient (Wildman–Crippen LogP) is 2.92. The van der Waals surface area contributed by atoms with Crippen LogP contribution in [0.15, 0.2) is 29.4 Å². The number of nitrogens with one attached hydrogen (secondary N) is 1. The van der Waals surface area contributed by atoms with Crippen molar-refractivity contribution in [3.8, 4) is 0 Å². The Balaban J connectivity index is 2.05. The van der Waals surface area contributed by atoms with Crippen molar-refractivity contribution in [1.82, 2.24) is 19.7 Å². The maximum Gasteiger partial charge on any atom is 0.248 e. The van der Waals surface area contributed by atoms with Crippen LogP contribution in [0.1, 0.15) is 55.3 Å². The monoisotopic (exact) mass is 418 g/mol. The van der Waals surface area contributed by atoms with Crippen LogP contribution in [0.2, 0.25) is 0 Å². The molecule has 0 unspecified atom stereocenters. The molecule has 0 aliphatic rings. The molecule has 1 heterocycles. The number of aromatic nitrogens is 3. The Morgan fingerprint density at radius 1 is 1.21 bits per heavy atom. The van der Waals surface area contributed by atoms with Gasteiger partial charge in [-0.15, -0.1) is 10.2 Å². The van der Waals surface area contributed by atoms with Crippen molar-refractivity contribution >= 4 is 29.3 Å². The quantitative estimate of drug-likeness (QED) is 0.544. The van der Waals surface area contributed by atoms with Crippen LogP contribution < -0.4 is 11.1 Å². The second-order valence-electron chi connectivity index (χ2n) is 7.01. The van der Waals surface area contributed by atoms with Gasteiger partial charge in [0.25, 0.3) is 0 Å². The van der Waals surface area contributed by atoms with E-state index in [1.54, 1.807) is 24.3 Å². The van der Waals surface area contributed by atoms with Gasteiger partial charge in [0, 0.05) is 17.8 Å². The number of carbonyl (C=O) groups is 2. The number of nitrogens with zero attached hydrogens (tertiary/aromatic N) is 4. The summed E-state index contributed by atoms with van der Waals surface area (Å²) in [5.41, 5.74) is 6.25. The highest BCUT2D eigenvalue weighted by molar-refractivity contribution is 7.99. The Kier molecular flexibility index (Phi) is 8.66. The first-order chi connectivity index (χ1) is 13.9. The third kappa shape index (κ3) is 6.30. The molecule has 1 aromatic carbocycles. The number of hydrogen-bond acceptors (Lipinski definition) is 6. The summed E-state index contributed by atoms with van der Waals surface area (Å²) >= 11 is 1.38. The summed E-state index contributed by atoms with van der Waals surface area (Å²) in [6.45, 7) is 5.12. The average Bonchev–Trinajstić information content (AvgIpc) is 3.07. The number of hydrogen-bond donors (Lipinski definition) is 2. The number of carbonyl (C=O) groups excluding carboxylic acids is 2. The van der Waals surface area contributed by atoms with Crippen LogP contribution in [0, 0.1) is 0 Å². The number of rotatable bonds is 11. The lowest BCUT2D eigenvalue weighted by molar-refractivity contribution is -0.113.